The maximum absolute atomic E-state index is 11.8. The number of carbonyl (C=O) groups excluding carboxylic acids is 1. The minimum absolute atomic E-state index is 0.202. The zero-order chi connectivity index (χ0) is 16.5. The average molecular weight is 320 g/mol. The van der Waals surface area contributed by atoms with E-state index in [-0.39, 0.29) is 17.6 Å². The zero-order valence-electron chi connectivity index (χ0n) is 12.7. The predicted molar refractivity (Wildman–Crippen MR) is 86.3 cm³/mol. The molecule has 1 aromatic rings. The van der Waals surface area contributed by atoms with Gasteiger partial charge in [0.05, 0.1) is 17.4 Å². The SMILES string of the molecule is CC(C)CC(NC(=O)CSCc1ccc(C#N)cc1)C(=O)O. The Morgan fingerprint density at radius 3 is 2.45 bits per heavy atom. The fourth-order valence-electron chi connectivity index (χ4n) is 1.87. The first-order chi connectivity index (χ1) is 10.4. The number of nitriles is 1. The van der Waals surface area contributed by atoms with Crippen molar-refractivity contribution < 1.29 is 14.7 Å². The first-order valence-electron chi connectivity index (χ1n) is 7.01. The Labute approximate surface area is 134 Å². The van der Waals surface area contributed by atoms with E-state index in [2.05, 4.69) is 5.32 Å². The van der Waals surface area contributed by atoms with Gasteiger partial charge in [0.1, 0.15) is 6.04 Å². The lowest BCUT2D eigenvalue weighted by atomic mass is 10.0. The van der Waals surface area contributed by atoms with Crippen LogP contribution in [0.3, 0.4) is 0 Å². The summed E-state index contributed by atoms with van der Waals surface area (Å²) in [4.78, 5) is 22.9. The molecule has 1 atom stereocenters. The number of aliphatic carboxylic acids is 1. The summed E-state index contributed by atoms with van der Waals surface area (Å²) in [6.07, 6.45) is 0.418. The summed E-state index contributed by atoms with van der Waals surface area (Å²) in [7, 11) is 0. The number of hydrogen-bond donors (Lipinski definition) is 2. The molecule has 0 aliphatic heterocycles. The summed E-state index contributed by atoms with van der Waals surface area (Å²) in [6.45, 7) is 3.84. The molecule has 0 saturated heterocycles. The quantitative estimate of drug-likeness (QED) is 0.767. The number of benzene rings is 1. The Hall–Kier alpha value is -2.00. The van der Waals surface area contributed by atoms with E-state index in [1.54, 1.807) is 12.1 Å². The fraction of sp³-hybridized carbons (Fsp3) is 0.438. The van der Waals surface area contributed by atoms with Crippen LogP contribution < -0.4 is 5.32 Å². The molecule has 0 heterocycles. The molecule has 0 spiro atoms. The van der Waals surface area contributed by atoms with Crippen molar-refractivity contribution in [2.45, 2.75) is 32.1 Å². The van der Waals surface area contributed by atoms with Gasteiger partial charge >= 0.3 is 5.97 Å². The van der Waals surface area contributed by atoms with Gasteiger partial charge in [-0.3, -0.25) is 4.79 Å². The van der Waals surface area contributed by atoms with Gasteiger partial charge in [-0.1, -0.05) is 26.0 Å². The number of nitrogens with zero attached hydrogens (tertiary/aromatic N) is 1. The van der Waals surface area contributed by atoms with Crippen LogP contribution >= 0.6 is 11.8 Å². The highest BCUT2D eigenvalue weighted by Gasteiger charge is 2.20. The van der Waals surface area contributed by atoms with Crippen LogP contribution in [-0.2, 0) is 15.3 Å². The molecular weight excluding hydrogens is 300 g/mol. The molecular formula is C16H20N2O3S. The van der Waals surface area contributed by atoms with Crippen LogP contribution in [0.2, 0.25) is 0 Å². The van der Waals surface area contributed by atoms with Crippen molar-refractivity contribution in [2.75, 3.05) is 5.75 Å². The van der Waals surface area contributed by atoms with Crippen LogP contribution in [0.4, 0.5) is 0 Å². The van der Waals surface area contributed by atoms with Gasteiger partial charge < -0.3 is 10.4 Å². The minimum Gasteiger partial charge on any atom is -0.480 e. The smallest absolute Gasteiger partial charge is 0.326 e. The maximum atomic E-state index is 11.8. The third-order valence-corrected chi connectivity index (χ3v) is 3.93. The number of nitrogens with one attached hydrogen (secondary N) is 1. The van der Waals surface area contributed by atoms with E-state index in [1.807, 2.05) is 32.0 Å². The van der Waals surface area contributed by atoms with Gasteiger partial charge in [-0.05, 0) is 30.0 Å². The summed E-state index contributed by atoms with van der Waals surface area (Å²) < 4.78 is 0. The minimum atomic E-state index is -1.00. The van der Waals surface area contributed by atoms with Gasteiger partial charge in [0.2, 0.25) is 5.91 Å². The molecule has 1 amide bonds. The first-order valence-corrected chi connectivity index (χ1v) is 8.16. The molecule has 118 valence electrons. The highest BCUT2D eigenvalue weighted by Crippen LogP contribution is 2.13. The first kappa shape index (κ1) is 18.1. The molecule has 1 aromatic carbocycles. The third kappa shape index (κ3) is 6.64. The second-order valence-electron chi connectivity index (χ2n) is 5.39. The van der Waals surface area contributed by atoms with Gasteiger partial charge in [0.15, 0.2) is 0 Å². The van der Waals surface area contributed by atoms with E-state index in [4.69, 9.17) is 10.4 Å². The second kappa shape index (κ2) is 9.11. The number of amides is 1. The molecule has 0 bridgehead atoms. The fourth-order valence-corrected chi connectivity index (χ4v) is 2.66. The van der Waals surface area contributed by atoms with Crippen LogP contribution in [0.5, 0.6) is 0 Å². The second-order valence-corrected chi connectivity index (χ2v) is 6.38. The summed E-state index contributed by atoms with van der Waals surface area (Å²) in [5.74, 6) is -0.221. The lowest BCUT2D eigenvalue weighted by Gasteiger charge is -2.16. The molecule has 0 aromatic heterocycles. The van der Waals surface area contributed by atoms with Gasteiger partial charge in [-0.25, -0.2) is 4.79 Å². The van der Waals surface area contributed by atoms with Crippen LogP contribution in [0.25, 0.3) is 0 Å². The third-order valence-electron chi connectivity index (χ3n) is 2.93. The predicted octanol–water partition coefficient (Wildman–Crippen LogP) is 2.41. The molecule has 22 heavy (non-hydrogen) atoms. The van der Waals surface area contributed by atoms with E-state index in [0.29, 0.717) is 17.7 Å². The van der Waals surface area contributed by atoms with Crippen LogP contribution in [0.15, 0.2) is 24.3 Å². The highest BCUT2D eigenvalue weighted by molar-refractivity contribution is 7.99. The highest BCUT2D eigenvalue weighted by atomic mass is 32.2. The normalized spacial score (nSPS) is 11.7. The number of thioether (sulfide) groups is 1. The zero-order valence-corrected chi connectivity index (χ0v) is 13.5. The largest absolute Gasteiger partial charge is 0.480 e. The van der Waals surface area contributed by atoms with Crippen molar-refractivity contribution in [2.24, 2.45) is 5.92 Å². The van der Waals surface area contributed by atoms with Crippen molar-refractivity contribution in [1.29, 1.82) is 5.26 Å². The molecule has 6 heteroatoms. The van der Waals surface area contributed by atoms with E-state index >= 15 is 0 Å². The molecule has 5 nitrogen and oxygen atoms in total. The topological polar surface area (TPSA) is 90.2 Å². The number of carbonyl (C=O) groups is 2. The Balaban J connectivity index is 2.38. The van der Waals surface area contributed by atoms with Crippen molar-refractivity contribution in [1.82, 2.24) is 5.32 Å². The lowest BCUT2D eigenvalue weighted by Crippen LogP contribution is -2.42. The Bertz CT molecular complexity index is 550. The molecule has 0 aliphatic rings. The summed E-state index contributed by atoms with van der Waals surface area (Å²) >= 11 is 1.41. The molecule has 0 saturated carbocycles. The standard InChI is InChI=1S/C16H20N2O3S/c1-11(2)7-14(16(20)21)18-15(19)10-22-9-13-5-3-12(8-17)4-6-13/h3-6,11,14H,7,9-10H2,1-2H3,(H,18,19)(H,20,21). The summed E-state index contributed by atoms with van der Waals surface area (Å²) in [5.41, 5.74) is 1.62. The van der Waals surface area contributed by atoms with E-state index in [0.717, 1.165) is 5.56 Å². The van der Waals surface area contributed by atoms with Crippen LogP contribution in [0, 0.1) is 17.2 Å². The van der Waals surface area contributed by atoms with E-state index in [1.165, 1.54) is 11.8 Å². The van der Waals surface area contributed by atoms with Crippen LogP contribution in [0.1, 0.15) is 31.4 Å². The number of carboxylic acid groups (broad SMARTS) is 1. The molecule has 0 aliphatic carbocycles. The van der Waals surface area contributed by atoms with E-state index in [9.17, 15) is 9.59 Å². The Morgan fingerprint density at radius 2 is 1.95 bits per heavy atom. The van der Waals surface area contributed by atoms with E-state index < -0.39 is 12.0 Å². The Morgan fingerprint density at radius 1 is 1.32 bits per heavy atom. The molecule has 0 fully saturated rings. The Kier molecular flexibility index (Phi) is 7.47. The maximum Gasteiger partial charge on any atom is 0.326 e. The van der Waals surface area contributed by atoms with Gasteiger partial charge in [0, 0.05) is 5.75 Å². The number of carboxylic acids is 1. The lowest BCUT2D eigenvalue weighted by molar-refractivity contribution is -0.141. The monoisotopic (exact) mass is 320 g/mol. The van der Waals surface area contributed by atoms with Crippen molar-refractivity contribution in [3.63, 3.8) is 0 Å². The number of rotatable bonds is 8. The molecule has 1 rings (SSSR count). The molecule has 1 unspecified atom stereocenters. The average Bonchev–Trinajstić information content (AvgIpc) is 2.46. The van der Waals surface area contributed by atoms with Crippen molar-refractivity contribution >= 4 is 23.6 Å². The van der Waals surface area contributed by atoms with Gasteiger partial charge in [-0.2, -0.15) is 5.26 Å². The van der Waals surface area contributed by atoms with Crippen LogP contribution in [-0.4, -0.2) is 28.8 Å². The van der Waals surface area contributed by atoms with Gasteiger partial charge in [-0.15, -0.1) is 11.8 Å². The number of hydrogen-bond acceptors (Lipinski definition) is 4. The van der Waals surface area contributed by atoms with Crippen molar-refractivity contribution in [3.05, 3.63) is 35.4 Å². The van der Waals surface area contributed by atoms with Crippen molar-refractivity contribution in [3.8, 4) is 6.07 Å². The molecule has 2 N–H and O–H groups in total. The summed E-state index contributed by atoms with van der Waals surface area (Å²) in [5, 5.41) is 20.3. The summed E-state index contributed by atoms with van der Waals surface area (Å²) in [6, 6.07) is 8.39. The molecule has 0 radical (unpaired) electrons. The van der Waals surface area contributed by atoms with Gasteiger partial charge in [0.25, 0.3) is 0 Å².